The van der Waals surface area contributed by atoms with Crippen molar-refractivity contribution in [1.29, 1.82) is 0 Å². The lowest BCUT2D eigenvalue weighted by Crippen LogP contribution is -2.33. The first-order valence-electron chi connectivity index (χ1n) is 7.98. The van der Waals surface area contributed by atoms with Gasteiger partial charge in [-0.2, -0.15) is 0 Å². The number of benzene rings is 1. The summed E-state index contributed by atoms with van der Waals surface area (Å²) in [5.41, 5.74) is 0.731. The molecule has 118 valence electrons. The number of hydrogen-bond donors (Lipinski definition) is 1. The van der Waals surface area contributed by atoms with Crippen LogP contribution in [0.4, 0.5) is 4.39 Å². The molecule has 0 radical (unpaired) electrons. The van der Waals surface area contributed by atoms with Crippen LogP contribution >= 0.6 is 11.6 Å². The second kappa shape index (κ2) is 8.72. The van der Waals surface area contributed by atoms with Gasteiger partial charge in [0.15, 0.2) is 0 Å². The lowest BCUT2D eigenvalue weighted by atomic mass is 9.97. The summed E-state index contributed by atoms with van der Waals surface area (Å²) in [6.07, 6.45) is 6.76. The van der Waals surface area contributed by atoms with Crippen molar-refractivity contribution in [3.63, 3.8) is 0 Å². The second-order valence-electron chi connectivity index (χ2n) is 5.76. The molecule has 1 saturated heterocycles. The Labute approximate surface area is 132 Å². The molecule has 0 amide bonds. The Bertz CT molecular complexity index is 435. The molecular formula is C17H25ClFNO. The average Bonchev–Trinajstić information content (AvgIpc) is 2.49. The maximum absolute atomic E-state index is 13.9. The molecule has 1 N–H and O–H groups in total. The Morgan fingerprint density at radius 2 is 2.29 bits per heavy atom. The van der Waals surface area contributed by atoms with Crippen LogP contribution in [-0.2, 0) is 11.2 Å². The number of halogens is 2. The highest BCUT2D eigenvalue weighted by atomic mass is 35.5. The van der Waals surface area contributed by atoms with Gasteiger partial charge in [0, 0.05) is 17.7 Å². The summed E-state index contributed by atoms with van der Waals surface area (Å²) in [7, 11) is 0. The molecule has 0 bridgehead atoms. The molecule has 1 aromatic rings. The standard InChI is InChI=1S/C17H25ClFNO/c1-2-20-15(8-9-16-5-3-4-10-21-16)11-13-6-7-14(18)12-17(13)19/h6-7,12,15-16,20H,2-5,8-11H2,1H3. The Morgan fingerprint density at radius 3 is 2.95 bits per heavy atom. The first-order valence-corrected chi connectivity index (χ1v) is 8.35. The van der Waals surface area contributed by atoms with E-state index in [1.54, 1.807) is 12.1 Å². The third-order valence-corrected chi connectivity index (χ3v) is 4.32. The van der Waals surface area contributed by atoms with Gasteiger partial charge >= 0.3 is 0 Å². The van der Waals surface area contributed by atoms with E-state index in [2.05, 4.69) is 12.2 Å². The van der Waals surface area contributed by atoms with Gasteiger partial charge in [-0.25, -0.2) is 4.39 Å². The van der Waals surface area contributed by atoms with Gasteiger partial charge < -0.3 is 10.1 Å². The molecule has 2 unspecified atom stereocenters. The molecule has 1 aromatic carbocycles. The van der Waals surface area contributed by atoms with Crippen LogP contribution in [0.3, 0.4) is 0 Å². The maximum Gasteiger partial charge on any atom is 0.127 e. The normalized spacial score (nSPS) is 20.4. The second-order valence-corrected chi connectivity index (χ2v) is 6.20. The zero-order chi connectivity index (χ0) is 15.1. The molecule has 1 fully saturated rings. The van der Waals surface area contributed by atoms with E-state index in [1.807, 2.05) is 0 Å². The molecule has 2 rings (SSSR count). The topological polar surface area (TPSA) is 21.3 Å². The summed E-state index contributed by atoms with van der Waals surface area (Å²) in [5, 5.41) is 3.91. The van der Waals surface area contributed by atoms with Gasteiger partial charge in [-0.15, -0.1) is 0 Å². The molecule has 2 atom stereocenters. The molecule has 21 heavy (non-hydrogen) atoms. The van der Waals surface area contributed by atoms with Crippen LogP contribution in [0.2, 0.25) is 5.02 Å². The number of likely N-dealkylation sites (N-methyl/N-ethyl adjacent to an activating group) is 1. The molecule has 0 aromatic heterocycles. The zero-order valence-corrected chi connectivity index (χ0v) is 13.5. The predicted molar refractivity (Wildman–Crippen MR) is 85.4 cm³/mol. The van der Waals surface area contributed by atoms with E-state index < -0.39 is 0 Å². The lowest BCUT2D eigenvalue weighted by Gasteiger charge is -2.25. The fourth-order valence-electron chi connectivity index (χ4n) is 2.94. The van der Waals surface area contributed by atoms with Crippen LogP contribution in [0.5, 0.6) is 0 Å². The zero-order valence-electron chi connectivity index (χ0n) is 12.7. The van der Waals surface area contributed by atoms with Gasteiger partial charge in [-0.1, -0.05) is 24.6 Å². The Hall–Kier alpha value is -0.640. The van der Waals surface area contributed by atoms with Gasteiger partial charge in [-0.05, 0) is 62.8 Å². The third kappa shape index (κ3) is 5.57. The molecular weight excluding hydrogens is 289 g/mol. The summed E-state index contributed by atoms with van der Waals surface area (Å²) in [4.78, 5) is 0. The smallest absolute Gasteiger partial charge is 0.127 e. The molecule has 2 nitrogen and oxygen atoms in total. The van der Waals surface area contributed by atoms with Crippen LogP contribution in [0, 0.1) is 5.82 Å². The highest BCUT2D eigenvalue weighted by Crippen LogP contribution is 2.20. The highest BCUT2D eigenvalue weighted by Gasteiger charge is 2.17. The predicted octanol–water partition coefficient (Wildman–Crippen LogP) is 4.35. The van der Waals surface area contributed by atoms with E-state index in [-0.39, 0.29) is 11.9 Å². The summed E-state index contributed by atoms with van der Waals surface area (Å²) < 4.78 is 19.7. The molecule has 4 heteroatoms. The first-order chi connectivity index (χ1) is 10.2. The van der Waals surface area contributed by atoms with E-state index in [1.165, 1.54) is 18.9 Å². The van der Waals surface area contributed by atoms with Crippen molar-refractivity contribution in [2.75, 3.05) is 13.2 Å². The van der Waals surface area contributed by atoms with Gasteiger partial charge in [0.05, 0.1) is 6.10 Å². The Morgan fingerprint density at radius 1 is 1.43 bits per heavy atom. The Balaban J connectivity index is 1.88. The van der Waals surface area contributed by atoms with Crippen LogP contribution in [0.25, 0.3) is 0 Å². The van der Waals surface area contributed by atoms with Gasteiger partial charge in [-0.3, -0.25) is 0 Å². The quantitative estimate of drug-likeness (QED) is 0.808. The van der Waals surface area contributed by atoms with E-state index in [0.29, 0.717) is 17.5 Å². The van der Waals surface area contributed by atoms with Crippen molar-refractivity contribution in [3.05, 3.63) is 34.6 Å². The summed E-state index contributed by atoms with van der Waals surface area (Å²) in [6, 6.07) is 5.23. The minimum atomic E-state index is -0.209. The summed E-state index contributed by atoms with van der Waals surface area (Å²) in [6.45, 7) is 3.87. The molecule has 0 saturated carbocycles. The summed E-state index contributed by atoms with van der Waals surface area (Å²) in [5.74, 6) is -0.209. The minimum absolute atomic E-state index is 0.209. The number of rotatable bonds is 7. The monoisotopic (exact) mass is 313 g/mol. The van der Waals surface area contributed by atoms with Crippen LogP contribution in [0.15, 0.2) is 18.2 Å². The maximum atomic E-state index is 13.9. The minimum Gasteiger partial charge on any atom is -0.378 e. The fraction of sp³-hybridized carbons (Fsp3) is 0.647. The Kier molecular flexibility index (Phi) is 6.94. The van der Waals surface area contributed by atoms with Gasteiger partial charge in [0.2, 0.25) is 0 Å². The molecule has 0 aliphatic carbocycles. The number of nitrogens with one attached hydrogen (secondary N) is 1. The molecule has 1 aliphatic heterocycles. The molecule has 0 spiro atoms. The molecule has 1 heterocycles. The van der Waals surface area contributed by atoms with E-state index >= 15 is 0 Å². The van der Waals surface area contributed by atoms with Crippen molar-refractivity contribution < 1.29 is 9.13 Å². The van der Waals surface area contributed by atoms with Gasteiger partial charge in [0.1, 0.15) is 5.82 Å². The van der Waals surface area contributed by atoms with E-state index in [4.69, 9.17) is 16.3 Å². The first kappa shape index (κ1) is 16.7. The SMILES string of the molecule is CCNC(CCC1CCCCO1)Cc1ccc(Cl)cc1F. The number of hydrogen-bond acceptors (Lipinski definition) is 2. The highest BCUT2D eigenvalue weighted by molar-refractivity contribution is 6.30. The van der Waals surface area contributed by atoms with Crippen LogP contribution in [0.1, 0.15) is 44.6 Å². The van der Waals surface area contributed by atoms with Crippen molar-refractivity contribution in [2.45, 2.75) is 57.6 Å². The largest absolute Gasteiger partial charge is 0.378 e. The summed E-state index contributed by atoms with van der Waals surface area (Å²) >= 11 is 5.81. The van der Waals surface area contributed by atoms with Crippen molar-refractivity contribution in [3.8, 4) is 0 Å². The van der Waals surface area contributed by atoms with Crippen molar-refractivity contribution >= 4 is 11.6 Å². The molecule has 1 aliphatic rings. The van der Waals surface area contributed by atoms with Crippen molar-refractivity contribution in [1.82, 2.24) is 5.32 Å². The third-order valence-electron chi connectivity index (χ3n) is 4.09. The van der Waals surface area contributed by atoms with Crippen LogP contribution < -0.4 is 5.32 Å². The van der Waals surface area contributed by atoms with Crippen molar-refractivity contribution in [2.24, 2.45) is 0 Å². The van der Waals surface area contributed by atoms with E-state index in [0.717, 1.165) is 38.0 Å². The average molecular weight is 314 g/mol. The lowest BCUT2D eigenvalue weighted by molar-refractivity contribution is 0.00860. The number of ether oxygens (including phenoxy) is 1. The van der Waals surface area contributed by atoms with E-state index in [9.17, 15) is 4.39 Å². The fourth-order valence-corrected chi connectivity index (χ4v) is 3.10. The van der Waals surface area contributed by atoms with Gasteiger partial charge in [0.25, 0.3) is 0 Å². The van der Waals surface area contributed by atoms with Crippen LogP contribution in [-0.4, -0.2) is 25.3 Å².